The van der Waals surface area contributed by atoms with Crippen molar-refractivity contribution < 1.29 is 28.0 Å². The number of imide groups is 1. The lowest BCUT2D eigenvalue weighted by molar-refractivity contribution is -0.115. The number of carbonyl (C=O) groups is 4. The molecular weight excluding hydrogens is 558 g/mol. The molecule has 0 bridgehead atoms. The largest absolute Gasteiger partial charge is 0.361 e. The molecule has 0 aliphatic carbocycles. The summed E-state index contributed by atoms with van der Waals surface area (Å²) in [5, 5.41) is 5.42. The second-order valence-electron chi connectivity index (χ2n) is 10.3. The SMILES string of the molecule is CN1CC(=O)Nc2ncnc(-c3ccc(F)c(C(=O)NC(Cc4cccc(F)c4)CN4C(=O)c5ccccc5C4=O)c3)c21. The van der Waals surface area contributed by atoms with Crippen LogP contribution in [0.25, 0.3) is 11.3 Å². The van der Waals surface area contributed by atoms with Crippen molar-refractivity contribution in [3.05, 3.63) is 107 Å². The highest BCUT2D eigenvalue weighted by Crippen LogP contribution is 2.36. The minimum Gasteiger partial charge on any atom is -0.361 e. The van der Waals surface area contributed by atoms with E-state index in [9.17, 15) is 23.6 Å². The normalized spacial score (nSPS) is 14.7. The van der Waals surface area contributed by atoms with Gasteiger partial charge in [0.15, 0.2) is 5.82 Å². The minimum absolute atomic E-state index is 0.0570. The van der Waals surface area contributed by atoms with Crippen LogP contribution in [0, 0.1) is 11.6 Å². The molecule has 2 N–H and O–H groups in total. The van der Waals surface area contributed by atoms with E-state index < -0.39 is 35.4 Å². The molecule has 1 aromatic heterocycles. The molecule has 4 aromatic rings. The van der Waals surface area contributed by atoms with Gasteiger partial charge in [0.25, 0.3) is 17.7 Å². The standard InChI is InChI=1S/C31H24F2N6O4/c1-38-15-25(40)37-28-27(38)26(34-16-35-28)18-9-10-24(33)23(13-18)29(41)36-20(12-17-5-4-6-19(32)11-17)14-39-30(42)21-7-2-3-8-22(21)31(39)43/h2-11,13,16,20H,12,14-15H2,1H3,(H,36,41)(H,34,35,37,40). The van der Waals surface area contributed by atoms with Gasteiger partial charge in [0.05, 0.1) is 35.0 Å². The van der Waals surface area contributed by atoms with Crippen LogP contribution >= 0.6 is 0 Å². The fourth-order valence-electron chi connectivity index (χ4n) is 5.35. The van der Waals surface area contributed by atoms with Gasteiger partial charge in [-0.1, -0.05) is 24.3 Å². The number of anilines is 2. The lowest BCUT2D eigenvalue weighted by Crippen LogP contribution is -2.47. The molecule has 6 rings (SSSR count). The number of benzene rings is 3. The summed E-state index contributed by atoms with van der Waals surface area (Å²) in [6, 6.07) is 15.2. The van der Waals surface area contributed by atoms with Crippen LogP contribution < -0.4 is 15.5 Å². The van der Waals surface area contributed by atoms with Crippen LogP contribution in [0.2, 0.25) is 0 Å². The fourth-order valence-corrected chi connectivity index (χ4v) is 5.35. The zero-order valence-corrected chi connectivity index (χ0v) is 22.8. The monoisotopic (exact) mass is 582 g/mol. The van der Waals surface area contributed by atoms with Crippen LogP contribution in [0.5, 0.6) is 0 Å². The number of likely N-dealkylation sites (N-methyl/N-ethyl adjacent to an activating group) is 1. The second-order valence-corrected chi connectivity index (χ2v) is 10.3. The zero-order chi connectivity index (χ0) is 30.2. The number of halogens is 2. The van der Waals surface area contributed by atoms with E-state index in [1.54, 1.807) is 42.3 Å². The number of fused-ring (bicyclic) bond motifs is 2. The fraction of sp³-hybridized carbons (Fsp3) is 0.161. The van der Waals surface area contributed by atoms with Crippen molar-refractivity contribution in [2.75, 3.05) is 30.4 Å². The van der Waals surface area contributed by atoms with Gasteiger partial charge in [0.2, 0.25) is 5.91 Å². The molecule has 3 aromatic carbocycles. The molecule has 1 unspecified atom stereocenters. The van der Waals surface area contributed by atoms with Crippen molar-refractivity contribution in [1.82, 2.24) is 20.2 Å². The summed E-state index contributed by atoms with van der Waals surface area (Å²) in [6.45, 7) is -0.165. The predicted octanol–water partition coefficient (Wildman–Crippen LogP) is 3.45. The summed E-state index contributed by atoms with van der Waals surface area (Å²) < 4.78 is 29.1. The minimum atomic E-state index is -0.882. The first-order chi connectivity index (χ1) is 20.7. The molecule has 0 fully saturated rings. The van der Waals surface area contributed by atoms with Gasteiger partial charge in [0, 0.05) is 19.2 Å². The average Bonchev–Trinajstić information content (AvgIpc) is 3.21. The van der Waals surface area contributed by atoms with Crippen LogP contribution in [0.15, 0.2) is 73.1 Å². The van der Waals surface area contributed by atoms with Gasteiger partial charge >= 0.3 is 0 Å². The van der Waals surface area contributed by atoms with Crippen LogP contribution in [0.4, 0.5) is 20.3 Å². The summed E-state index contributed by atoms with van der Waals surface area (Å²) in [5.74, 6) is -3.10. The molecule has 43 heavy (non-hydrogen) atoms. The lowest BCUT2D eigenvalue weighted by Gasteiger charge is -2.28. The Morgan fingerprint density at radius 1 is 0.977 bits per heavy atom. The third kappa shape index (κ3) is 5.30. The van der Waals surface area contributed by atoms with E-state index in [2.05, 4.69) is 20.6 Å². The quantitative estimate of drug-likeness (QED) is 0.320. The summed E-state index contributed by atoms with van der Waals surface area (Å²) >= 11 is 0. The molecule has 0 radical (unpaired) electrons. The maximum Gasteiger partial charge on any atom is 0.261 e. The lowest BCUT2D eigenvalue weighted by atomic mass is 10.0. The third-order valence-electron chi connectivity index (χ3n) is 7.31. The number of carbonyl (C=O) groups excluding carboxylic acids is 4. The third-order valence-corrected chi connectivity index (χ3v) is 7.31. The van der Waals surface area contributed by atoms with Crippen molar-refractivity contribution in [1.29, 1.82) is 0 Å². The summed E-state index contributed by atoms with van der Waals surface area (Å²) in [4.78, 5) is 62.8. The van der Waals surface area contributed by atoms with E-state index in [0.717, 1.165) is 11.0 Å². The molecule has 12 heteroatoms. The number of hydrogen-bond acceptors (Lipinski definition) is 7. The first-order valence-electron chi connectivity index (χ1n) is 13.4. The van der Waals surface area contributed by atoms with Crippen LogP contribution in [0.3, 0.4) is 0 Å². The summed E-state index contributed by atoms with van der Waals surface area (Å²) in [5.41, 5.74) is 1.98. The summed E-state index contributed by atoms with van der Waals surface area (Å²) in [7, 11) is 1.69. The molecular formula is C31H24F2N6O4. The predicted molar refractivity (Wildman–Crippen MR) is 152 cm³/mol. The molecule has 1 atom stereocenters. The number of nitrogens with zero attached hydrogens (tertiary/aromatic N) is 4. The molecule has 4 amide bonds. The Labute approximate surface area is 244 Å². The van der Waals surface area contributed by atoms with Gasteiger partial charge in [-0.05, 0) is 54.4 Å². The van der Waals surface area contributed by atoms with Gasteiger partial charge in [-0.25, -0.2) is 18.7 Å². The van der Waals surface area contributed by atoms with E-state index >= 15 is 4.39 Å². The van der Waals surface area contributed by atoms with Gasteiger partial charge in [-0.15, -0.1) is 0 Å². The highest BCUT2D eigenvalue weighted by atomic mass is 19.1. The van der Waals surface area contributed by atoms with Gasteiger partial charge in [-0.3, -0.25) is 24.1 Å². The zero-order valence-electron chi connectivity index (χ0n) is 22.8. The van der Waals surface area contributed by atoms with Crippen LogP contribution in [0.1, 0.15) is 36.6 Å². The average molecular weight is 583 g/mol. The Balaban J connectivity index is 1.31. The Hall–Kier alpha value is -5.52. The smallest absolute Gasteiger partial charge is 0.261 e. The number of nitrogens with one attached hydrogen (secondary N) is 2. The first-order valence-corrected chi connectivity index (χ1v) is 13.4. The maximum absolute atomic E-state index is 15.1. The van der Waals surface area contributed by atoms with Gasteiger partial charge in [-0.2, -0.15) is 0 Å². The summed E-state index contributed by atoms with van der Waals surface area (Å²) in [6.07, 6.45) is 1.32. The van der Waals surface area contributed by atoms with Crippen molar-refractivity contribution in [2.24, 2.45) is 0 Å². The molecule has 2 aliphatic rings. The van der Waals surface area contributed by atoms with E-state index in [1.165, 1.54) is 36.7 Å². The molecule has 0 spiro atoms. The first kappa shape index (κ1) is 27.6. The van der Waals surface area contributed by atoms with Gasteiger partial charge in [0.1, 0.15) is 23.6 Å². The molecule has 3 heterocycles. The maximum atomic E-state index is 15.1. The highest BCUT2D eigenvalue weighted by Gasteiger charge is 2.37. The van der Waals surface area contributed by atoms with Crippen molar-refractivity contribution in [3.63, 3.8) is 0 Å². The van der Waals surface area contributed by atoms with E-state index in [-0.39, 0.29) is 47.9 Å². The highest BCUT2D eigenvalue weighted by molar-refractivity contribution is 6.21. The topological polar surface area (TPSA) is 125 Å². The Kier molecular flexibility index (Phi) is 7.10. The number of amides is 4. The molecule has 2 aliphatic heterocycles. The second kappa shape index (κ2) is 11.0. The van der Waals surface area contributed by atoms with Crippen LogP contribution in [-0.4, -0.2) is 64.7 Å². The van der Waals surface area contributed by atoms with E-state index in [0.29, 0.717) is 22.5 Å². The number of rotatable bonds is 7. The Bertz CT molecular complexity index is 1780. The van der Waals surface area contributed by atoms with Crippen molar-refractivity contribution in [3.8, 4) is 11.3 Å². The van der Waals surface area contributed by atoms with E-state index in [1.807, 2.05) is 0 Å². The molecule has 10 nitrogen and oxygen atoms in total. The van der Waals surface area contributed by atoms with E-state index in [4.69, 9.17) is 0 Å². The molecule has 216 valence electrons. The number of aromatic nitrogens is 2. The molecule has 0 saturated carbocycles. The van der Waals surface area contributed by atoms with Crippen molar-refractivity contribution in [2.45, 2.75) is 12.5 Å². The Morgan fingerprint density at radius 2 is 1.72 bits per heavy atom. The van der Waals surface area contributed by atoms with Gasteiger partial charge < -0.3 is 15.5 Å². The molecule has 0 saturated heterocycles. The number of hydrogen-bond donors (Lipinski definition) is 2. The Morgan fingerprint density at radius 3 is 2.44 bits per heavy atom. The van der Waals surface area contributed by atoms with Crippen LogP contribution in [-0.2, 0) is 11.2 Å². The van der Waals surface area contributed by atoms with Crippen molar-refractivity contribution >= 4 is 35.1 Å².